The van der Waals surface area contributed by atoms with Gasteiger partial charge in [0.2, 0.25) is 0 Å². The average Bonchev–Trinajstić information content (AvgIpc) is 2.33. The van der Waals surface area contributed by atoms with Gasteiger partial charge in [-0.1, -0.05) is 15.9 Å². The molecule has 0 saturated heterocycles. The maximum absolute atomic E-state index is 5.58. The van der Waals surface area contributed by atoms with Gasteiger partial charge in [0, 0.05) is 18.1 Å². The summed E-state index contributed by atoms with van der Waals surface area (Å²) < 4.78 is 16.7. The number of hydrogen-bond donors (Lipinski definition) is 1. The van der Waals surface area contributed by atoms with Crippen LogP contribution in [-0.4, -0.2) is 33.5 Å². The number of methoxy groups -OCH3 is 1. The summed E-state index contributed by atoms with van der Waals surface area (Å²) in [5, 5.41) is 0. The molecule has 0 fully saturated rings. The Hall–Kier alpha value is -0.620. The highest BCUT2D eigenvalue weighted by atomic mass is 79.9. The molecule has 0 saturated carbocycles. The molecule has 0 aromatic heterocycles. The highest BCUT2D eigenvalue weighted by molar-refractivity contribution is 9.10. The molecule has 0 radical (unpaired) electrons. The molecule has 0 aliphatic rings. The minimum Gasteiger partial charge on any atom is -0.491 e. The van der Waals surface area contributed by atoms with Gasteiger partial charge in [-0.25, -0.2) is 0 Å². The number of rotatable bonds is 8. The molecule has 4 nitrogen and oxygen atoms in total. The van der Waals surface area contributed by atoms with Crippen molar-refractivity contribution in [1.29, 1.82) is 0 Å². The van der Waals surface area contributed by atoms with Gasteiger partial charge in [-0.3, -0.25) is 0 Å². The largest absolute Gasteiger partial charge is 0.491 e. The van der Waals surface area contributed by atoms with Crippen LogP contribution in [0.1, 0.15) is 5.56 Å². The van der Waals surface area contributed by atoms with Crippen LogP contribution in [0.3, 0.4) is 0 Å². The fraction of sp³-hybridized carbons (Fsp3) is 0.500. The van der Waals surface area contributed by atoms with Crippen molar-refractivity contribution in [1.82, 2.24) is 0 Å². The number of nitrogens with two attached hydrogens (primary N) is 1. The van der Waals surface area contributed by atoms with Gasteiger partial charge in [-0.15, -0.1) is 0 Å². The Morgan fingerprint density at radius 3 is 2.59 bits per heavy atom. The topological polar surface area (TPSA) is 53.7 Å². The third-order valence-corrected chi connectivity index (χ3v) is 2.55. The summed E-state index contributed by atoms with van der Waals surface area (Å²) in [6.07, 6.45) is 0. The first-order valence-corrected chi connectivity index (χ1v) is 6.24. The first-order valence-electron chi connectivity index (χ1n) is 5.45. The Morgan fingerprint density at radius 2 is 1.88 bits per heavy atom. The van der Waals surface area contributed by atoms with E-state index in [0.717, 1.165) is 15.8 Å². The second-order valence-corrected chi connectivity index (χ2v) is 4.37. The number of ether oxygens (including phenoxy) is 3. The summed E-state index contributed by atoms with van der Waals surface area (Å²) in [6, 6.07) is 5.82. The highest BCUT2D eigenvalue weighted by Crippen LogP contribution is 2.21. The summed E-state index contributed by atoms with van der Waals surface area (Å²) in [5.74, 6) is 0.801. The van der Waals surface area contributed by atoms with Gasteiger partial charge in [0.25, 0.3) is 0 Å². The van der Waals surface area contributed by atoms with E-state index >= 15 is 0 Å². The Bertz CT molecular complexity index is 334. The lowest BCUT2D eigenvalue weighted by molar-refractivity contribution is 0.0544. The summed E-state index contributed by atoms with van der Waals surface area (Å²) in [6.45, 7) is 2.76. The van der Waals surface area contributed by atoms with Gasteiger partial charge in [0.15, 0.2) is 0 Å². The van der Waals surface area contributed by atoms with Crippen LogP contribution in [0, 0.1) is 0 Å². The lowest BCUT2D eigenvalue weighted by atomic mass is 10.2. The molecule has 1 aromatic rings. The summed E-state index contributed by atoms with van der Waals surface area (Å²) in [4.78, 5) is 0. The van der Waals surface area contributed by atoms with Gasteiger partial charge in [0.1, 0.15) is 12.4 Å². The van der Waals surface area contributed by atoms with E-state index in [1.54, 1.807) is 7.11 Å². The van der Waals surface area contributed by atoms with Gasteiger partial charge >= 0.3 is 0 Å². The van der Waals surface area contributed by atoms with Gasteiger partial charge < -0.3 is 19.9 Å². The first kappa shape index (κ1) is 14.4. The SMILES string of the molecule is COCCOCCOc1cc(Br)cc(CN)c1. The van der Waals surface area contributed by atoms with Crippen LogP contribution in [0.25, 0.3) is 0 Å². The molecule has 0 aliphatic carbocycles. The van der Waals surface area contributed by atoms with Crippen molar-refractivity contribution in [3.05, 3.63) is 28.2 Å². The molecule has 5 heteroatoms. The molecule has 17 heavy (non-hydrogen) atoms. The van der Waals surface area contributed by atoms with Crippen LogP contribution >= 0.6 is 15.9 Å². The predicted molar refractivity (Wildman–Crippen MR) is 70.2 cm³/mol. The third-order valence-electron chi connectivity index (χ3n) is 2.09. The van der Waals surface area contributed by atoms with Crippen molar-refractivity contribution >= 4 is 15.9 Å². The van der Waals surface area contributed by atoms with E-state index in [-0.39, 0.29) is 0 Å². The minimum absolute atomic E-state index is 0.500. The van der Waals surface area contributed by atoms with Gasteiger partial charge in [-0.05, 0) is 23.8 Å². The van der Waals surface area contributed by atoms with Crippen LogP contribution in [0.5, 0.6) is 5.75 Å². The molecular formula is C12H18BrNO3. The second kappa shape index (κ2) is 8.47. The quantitative estimate of drug-likeness (QED) is 0.746. The number of halogens is 1. The molecule has 96 valence electrons. The predicted octanol–water partition coefficient (Wildman–Crippen LogP) is 1.95. The highest BCUT2D eigenvalue weighted by Gasteiger charge is 1.99. The van der Waals surface area contributed by atoms with Crippen molar-refractivity contribution in [2.24, 2.45) is 5.73 Å². The van der Waals surface area contributed by atoms with Crippen LogP contribution in [0.4, 0.5) is 0 Å². The van der Waals surface area contributed by atoms with Crippen molar-refractivity contribution in [3.8, 4) is 5.75 Å². The molecule has 0 bridgehead atoms. The zero-order valence-electron chi connectivity index (χ0n) is 9.95. The summed E-state index contributed by atoms with van der Waals surface area (Å²) >= 11 is 3.41. The molecular weight excluding hydrogens is 286 g/mol. The van der Waals surface area contributed by atoms with Crippen LogP contribution in [0.15, 0.2) is 22.7 Å². The van der Waals surface area contributed by atoms with Crippen LogP contribution in [-0.2, 0) is 16.0 Å². The van der Waals surface area contributed by atoms with E-state index in [9.17, 15) is 0 Å². The lowest BCUT2D eigenvalue weighted by Crippen LogP contribution is -2.10. The van der Waals surface area contributed by atoms with Crippen molar-refractivity contribution in [2.45, 2.75) is 6.54 Å². The van der Waals surface area contributed by atoms with Gasteiger partial charge in [-0.2, -0.15) is 0 Å². The first-order chi connectivity index (χ1) is 8.26. The molecule has 0 unspecified atom stereocenters. The van der Waals surface area contributed by atoms with E-state index in [1.165, 1.54) is 0 Å². The fourth-order valence-corrected chi connectivity index (χ4v) is 1.80. The third kappa shape index (κ3) is 6.02. The lowest BCUT2D eigenvalue weighted by Gasteiger charge is -2.09. The smallest absolute Gasteiger partial charge is 0.120 e. The summed E-state index contributed by atoms with van der Waals surface area (Å²) in [5.41, 5.74) is 6.62. The van der Waals surface area contributed by atoms with E-state index < -0.39 is 0 Å². The molecule has 1 rings (SSSR count). The Kier molecular flexibility index (Phi) is 7.19. The number of hydrogen-bond acceptors (Lipinski definition) is 4. The van der Waals surface area contributed by atoms with Crippen molar-refractivity contribution in [2.75, 3.05) is 33.5 Å². The maximum Gasteiger partial charge on any atom is 0.120 e. The monoisotopic (exact) mass is 303 g/mol. The maximum atomic E-state index is 5.58. The standard InChI is InChI=1S/C12H18BrNO3/c1-15-2-3-16-4-5-17-12-7-10(9-14)6-11(13)8-12/h6-8H,2-5,9,14H2,1H3. The van der Waals surface area contributed by atoms with Gasteiger partial charge in [0.05, 0.1) is 19.8 Å². The Morgan fingerprint density at radius 1 is 1.12 bits per heavy atom. The molecule has 0 spiro atoms. The van der Waals surface area contributed by atoms with E-state index in [1.807, 2.05) is 18.2 Å². The second-order valence-electron chi connectivity index (χ2n) is 3.45. The van der Waals surface area contributed by atoms with E-state index in [0.29, 0.717) is 33.0 Å². The van der Waals surface area contributed by atoms with Crippen molar-refractivity contribution < 1.29 is 14.2 Å². The Balaban J connectivity index is 2.28. The van der Waals surface area contributed by atoms with Crippen LogP contribution < -0.4 is 10.5 Å². The molecule has 0 amide bonds. The fourth-order valence-electron chi connectivity index (χ4n) is 1.28. The number of benzene rings is 1. The zero-order chi connectivity index (χ0) is 12.5. The molecule has 1 aromatic carbocycles. The molecule has 0 aliphatic heterocycles. The Labute approximate surface area is 110 Å². The molecule has 2 N–H and O–H groups in total. The molecule has 0 heterocycles. The van der Waals surface area contributed by atoms with E-state index in [4.69, 9.17) is 19.9 Å². The summed E-state index contributed by atoms with van der Waals surface area (Å²) in [7, 11) is 1.65. The molecule has 0 atom stereocenters. The normalized spacial score (nSPS) is 10.5. The van der Waals surface area contributed by atoms with Crippen molar-refractivity contribution in [3.63, 3.8) is 0 Å². The van der Waals surface area contributed by atoms with E-state index in [2.05, 4.69) is 15.9 Å². The average molecular weight is 304 g/mol. The zero-order valence-corrected chi connectivity index (χ0v) is 11.5. The van der Waals surface area contributed by atoms with Crippen LogP contribution in [0.2, 0.25) is 0 Å². The minimum atomic E-state index is 0.500.